The molecule has 9 aromatic rings. The van der Waals surface area contributed by atoms with Gasteiger partial charge in [0, 0.05) is 38.5 Å². The third kappa shape index (κ3) is 3.95. The average Bonchev–Trinajstić information content (AvgIpc) is 3.46. The molecule has 0 bridgehead atoms. The molecule has 1 saturated heterocycles. The van der Waals surface area contributed by atoms with Crippen LogP contribution in [0.25, 0.3) is 55.0 Å². The minimum atomic E-state index is -0.0624. The van der Waals surface area contributed by atoms with Gasteiger partial charge in [-0.25, -0.2) is 4.99 Å². The van der Waals surface area contributed by atoms with Crippen LogP contribution in [0.15, 0.2) is 181 Å². The highest BCUT2D eigenvalue weighted by molar-refractivity contribution is 6.12. The summed E-state index contributed by atoms with van der Waals surface area (Å²) in [5, 5.41) is 9.75. The number of amidine groups is 1. The zero-order valence-corrected chi connectivity index (χ0v) is 27.1. The minimum absolute atomic E-state index is 0.0624. The standard InChI is InChI=1S/C45H31N5/c1-3-14-30(15-4-1)43-46-44(50-45(49(43)50)31-16-5-2-6-17-31)32-18-13-19-33(28-32)47-41-25-12-9-22-37(41)38-29-34(26-27-42(38)47)48-39-23-10-7-20-35(39)36-21-8-11-24-40(36)48/h1-29,43,45H. The summed E-state index contributed by atoms with van der Waals surface area (Å²) in [6.45, 7) is 0. The van der Waals surface area contributed by atoms with Gasteiger partial charge in [-0.05, 0) is 59.7 Å². The quantitative estimate of drug-likeness (QED) is 0.175. The Labute approximate surface area is 289 Å². The molecule has 0 radical (unpaired) electrons. The summed E-state index contributed by atoms with van der Waals surface area (Å²) in [6.07, 6.45) is 0.0950. The van der Waals surface area contributed by atoms with Crippen molar-refractivity contribution in [2.75, 3.05) is 0 Å². The predicted molar refractivity (Wildman–Crippen MR) is 204 cm³/mol. The lowest BCUT2D eigenvalue weighted by Crippen LogP contribution is -2.12. The van der Waals surface area contributed by atoms with Gasteiger partial charge in [-0.3, -0.25) is 5.01 Å². The van der Waals surface area contributed by atoms with Crippen molar-refractivity contribution in [3.8, 4) is 11.4 Å². The minimum Gasteiger partial charge on any atom is -0.309 e. The van der Waals surface area contributed by atoms with Crippen molar-refractivity contribution in [2.24, 2.45) is 4.99 Å². The fourth-order valence-corrected chi connectivity index (χ4v) is 8.24. The average molecular weight is 642 g/mol. The Morgan fingerprint density at radius 1 is 0.400 bits per heavy atom. The topological polar surface area (TPSA) is 28.2 Å². The number of nitrogens with zero attached hydrogens (tertiary/aromatic N) is 5. The molecule has 0 N–H and O–H groups in total. The van der Waals surface area contributed by atoms with Crippen molar-refractivity contribution in [3.63, 3.8) is 0 Å². The number of aromatic nitrogens is 2. The highest BCUT2D eigenvalue weighted by Crippen LogP contribution is 2.54. The molecule has 3 unspecified atom stereocenters. The Morgan fingerprint density at radius 3 is 1.56 bits per heavy atom. The van der Waals surface area contributed by atoms with Gasteiger partial charge >= 0.3 is 0 Å². The molecule has 50 heavy (non-hydrogen) atoms. The second-order valence-corrected chi connectivity index (χ2v) is 13.2. The Bertz CT molecular complexity index is 2740. The predicted octanol–water partition coefficient (Wildman–Crippen LogP) is 10.6. The molecular weight excluding hydrogens is 611 g/mol. The molecular formula is C45H31N5. The molecule has 0 amide bonds. The molecule has 5 heteroatoms. The van der Waals surface area contributed by atoms with E-state index in [1.807, 2.05) is 0 Å². The second-order valence-electron chi connectivity index (χ2n) is 13.2. The number of benzene rings is 7. The maximum atomic E-state index is 5.33. The third-order valence-electron chi connectivity index (χ3n) is 10.4. The van der Waals surface area contributed by atoms with Crippen LogP contribution in [0.3, 0.4) is 0 Å². The Kier molecular flexibility index (Phi) is 5.80. The lowest BCUT2D eigenvalue weighted by molar-refractivity contribution is 0.341. The van der Waals surface area contributed by atoms with Gasteiger partial charge in [0.25, 0.3) is 0 Å². The highest BCUT2D eigenvalue weighted by Gasteiger charge is 2.57. The third-order valence-corrected chi connectivity index (χ3v) is 10.4. The molecule has 1 fully saturated rings. The molecule has 0 saturated carbocycles. The maximum Gasteiger partial charge on any atom is 0.150 e. The molecule has 5 nitrogen and oxygen atoms in total. The highest BCUT2D eigenvalue weighted by atomic mass is 15.9. The Balaban J connectivity index is 1.06. The van der Waals surface area contributed by atoms with E-state index < -0.39 is 0 Å². The molecule has 0 aliphatic carbocycles. The summed E-state index contributed by atoms with van der Waals surface area (Å²) >= 11 is 0. The summed E-state index contributed by atoms with van der Waals surface area (Å²) in [4.78, 5) is 5.33. The van der Waals surface area contributed by atoms with E-state index in [4.69, 9.17) is 4.99 Å². The maximum absolute atomic E-state index is 5.33. The van der Waals surface area contributed by atoms with E-state index in [2.05, 4.69) is 195 Å². The zero-order chi connectivity index (χ0) is 32.8. The van der Waals surface area contributed by atoms with Gasteiger partial charge in [-0.15, -0.1) is 0 Å². The molecule has 7 aromatic carbocycles. The summed E-state index contributed by atoms with van der Waals surface area (Å²) < 4.78 is 4.81. The Hall–Kier alpha value is -6.43. The van der Waals surface area contributed by atoms with Crippen LogP contribution in [-0.4, -0.2) is 25.0 Å². The van der Waals surface area contributed by atoms with Crippen molar-refractivity contribution in [1.82, 2.24) is 19.2 Å². The molecule has 11 rings (SSSR count). The van der Waals surface area contributed by atoms with Gasteiger partial charge < -0.3 is 9.13 Å². The zero-order valence-electron chi connectivity index (χ0n) is 27.1. The first kappa shape index (κ1) is 27.5. The fraction of sp³-hybridized carbons (Fsp3) is 0.0444. The van der Waals surface area contributed by atoms with Gasteiger partial charge in [-0.1, -0.05) is 127 Å². The van der Waals surface area contributed by atoms with Crippen LogP contribution in [0.4, 0.5) is 0 Å². The largest absolute Gasteiger partial charge is 0.309 e. The van der Waals surface area contributed by atoms with E-state index in [1.165, 1.54) is 54.7 Å². The molecule has 236 valence electrons. The molecule has 0 spiro atoms. The molecule has 4 heterocycles. The van der Waals surface area contributed by atoms with Crippen LogP contribution >= 0.6 is 0 Å². The molecule has 2 aromatic heterocycles. The van der Waals surface area contributed by atoms with E-state index >= 15 is 0 Å². The monoisotopic (exact) mass is 641 g/mol. The van der Waals surface area contributed by atoms with Crippen LogP contribution in [0.5, 0.6) is 0 Å². The lowest BCUT2D eigenvalue weighted by atomic mass is 10.1. The SMILES string of the molecule is c1ccc(C2N=C(c3cccc(-n4c5ccccc5c5cc(-n6c7ccccc7c7ccccc76)ccc54)c3)N3C(c4ccccc4)N23)cc1. The van der Waals surface area contributed by atoms with Crippen LogP contribution in [-0.2, 0) is 0 Å². The van der Waals surface area contributed by atoms with Crippen molar-refractivity contribution in [1.29, 1.82) is 0 Å². The number of rotatable bonds is 5. The smallest absolute Gasteiger partial charge is 0.150 e. The number of hydrazine groups is 1. The number of hydrogen-bond acceptors (Lipinski definition) is 3. The molecule has 3 atom stereocenters. The van der Waals surface area contributed by atoms with Gasteiger partial charge in [0.05, 0.1) is 22.1 Å². The van der Waals surface area contributed by atoms with E-state index in [0.29, 0.717) is 0 Å². The Morgan fingerprint density at radius 2 is 0.920 bits per heavy atom. The number of para-hydroxylation sites is 3. The second kappa shape index (κ2) is 10.5. The molecule has 2 aliphatic rings. The summed E-state index contributed by atoms with van der Waals surface area (Å²) in [5.74, 6) is 1.00. The fourth-order valence-electron chi connectivity index (χ4n) is 8.24. The van der Waals surface area contributed by atoms with Crippen LogP contribution in [0.1, 0.15) is 29.0 Å². The normalized spacial score (nSPS) is 18.3. The van der Waals surface area contributed by atoms with Crippen LogP contribution in [0.2, 0.25) is 0 Å². The van der Waals surface area contributed by atoms with E-state index in [9.17, 15) is 0 Å². The van der Waals surface area contributed by atoms with Crippen molar-refractivity contribution < 1.29 is 0 Å². The number of hydrogen-bond donors (Lipinski definition) is 0. The van der Waals surface area contributed by atoms with Crippen molar-refractivity contribution in [2.45, 2.75) is 12.3 Å². The number of aliphatic imine (C=N–C) groups is 1. The summed E-state index contributed by atoms with van der Waals surface area (Å²) in [5.41, 5.74) is 10.7. The van der Waals surface area contributed by atoms with Crippen LogP contribution in [0, 0.1) is 0 Å². The van der Waals surface area contributed by atoms with Gasteiger partial charge in [0.2, 0.25) is 0 Å². The van der Waals surface area contributed by atoms with Crippen molar-refractivity contribution in [3.05, 3.63) is 193 Å². The van der Waals surface area contributed by atoms with E-state index in [1.54, 1.807) is 0 Å². The molecule has 2 aliphatic heterocycles. The van der Waals surface area contributed by atoms with Gasteiger partial charge in [0.1, 0.15) is 18.2 Å². The van der Waals surface area contributed by atoms with Gasteiger partial charge in [-0.2, -0.15) is 5.01 Å². The first-order chi connectivity index (χ1) is 24.8. The van der Waals surface area contributed by atoms with E-state index in [0.717, 1.165) is 22.8 Å². The van der Waals surface area contributed by atoms with Crippen LogP contribution < -0.4 is 0 Å². The van der Waals surface area contributed by atoms with Gasteiger partial charge in [0.15, 0.2) is 0 Å². The summed E-state index contributed by atoms with van der Waals surface area (Å²) in [7, 11) is 0. The van der Waals surface area contributed by atoms with Crippen molar-refractivity contribution >= 4 is 49.4 Å². The van der Waals surface area contributed by atoms with E-state index in [-0.39, 0.29) is 12.3 Å². The first-order valence-electron chi connectivity index (χ1n) is 17.2. The number of fused-ring (bicyclic) bond motifs is 7. The summed E-state index contributed by atoms with van der Waals surface area (Å²) in [6, 6.07) is 63.4. The lowest BCUT2D eigenvalue weighted by Gasteiger charge is -2.13. The first-order valence-corrected chi connectivity index (χ1v) is 17.2.